The first-order valence-electron chi connectivity index (χ1n) is 5.07. The van der Waals surface area contributed by atoms with Crippen LogP contribution in [0, 0.1) is 0 Å². The van der Waals surface area contributed by atoms with Crippen LogP contribution in [0.1, 0.15) is 5.56 Å². The second-order valence-corrected chi connectivity index (χ2v) is 6.52. The van der Waals surface area contributed by atoms with Crippen molar-refractivity contribution in [2.75, 3.05) is 5.73 Å². The molecule has 2 aromatic carbocycles. The third-order valence-electron chi connectivity index (χ3n) is 2.20. The van der Waals surface area contributed by atoms with Gasteiger partial charge in [-0.3, -0.25) is 0 Å². The summed E-state index contributed by atoms with van der Waals surface area (Å²) in [5.41, 5.74) is 7.83. The number of thioether (sulfide) groups is 1. The molecule has 2 N–H and O–H groups in total. The van der Waals surface area contributed by atoms with E-state index < -0.39 is 0 Å². The molecule has 4 heteroatoms. The lowest BCUT2D eigenvalue weighted by atomic mass is 10.2. The maximum Gasteiger partial charge on any atom is 0.0328 e. The van der Waals surface area contributed by atoms with E-state index in [2.05, 4.69) is 62.2 Å². The van der Waals surface area contributed by atoms with Gasteiger partial charge in [0.15, 0.2) is 0 Å². The van der Waals surface area contributed by atoms with Crippen LogP contribution in [0.3, 0.4) is 0 Å². The van der Waals surface area contributed by atoms with Gasteiger partial charge in [-0.25, -0.2) is 0 Å². The summed E-state index contributed by atoms with van der Waals surface area (Å²) in [6, 6.07) is 14.3. The van der Waals surface area contributed by atoms with Gasteiger partial charge in [-0.05, 0) is 48.0 Å². The number of benzene rings is 2. The van der Waals surface area contributed by atoms with Crippen molar-refractivity contribution in [2.45, 2.75) is 10.6 Å². The Morgan fingerprint density at radius 2 is 1.65 bits per heavy atom. The van der Waals surface area contributed by atoms with Crippen LogP contribution in [-0.2, 0) is 5.75 Å². The predicted octanol–water partition coefficient (Wildman–Crippen LogP) is 5.09. The molecule has 0 unspecified atom stereocenters. The zero-order chi connectivity index (χ0) is 12.3. The number of rotatable bonds is 3. The third-order valence-corrected chi connectivity index (χ3v) is 4.27. The van der Waals surface area contributed by atoms with Crippen molar-refractivity contribution >= 4 is 49.3 Å². The minimum absolute atomic E-state index is 0.797. The number of nitrogen functional groups attached to an aromatic ring is 1. The van der Waals surface area contributed by atoms with E-state index in [0.29, 0.717) is 0 Å². The molecule has 0 spiro atoms. The smallest absolute Gasteiger partial charge is 0.0328 e. The van der Waals surface area contributed by atoms with E-state index in [-0.39, 0.29) is 0 Å². The molecule has 1 nitrogen and oxygen atoms in total. The van der Waals surface area contributed by atoms with E-state index in [4.69, 9.17) is 5.73 Å². The van der Waals surface area contributed by atoms with Gasteiger partial charge in [0.25, 0.3) is 0 Å². The summed E-state index contributed by atoms with van der Waals surface area (Å²) in [5.74, 6) is 0.922. The van der Waals surface area contributed by atoms with Crippen molar-refractivity contribution in [3.05, 3.63) is 57.0 Å². The Hall–Kier alpha value is -0.450. The van der Waals surface area contributed by atoms with Gasteiger partial charge in [-0.1, -0.05) is 31.9 Å². The topological polar surface area (TPSA) is 26.0 Å². The molecule has 0 aliphatic heterocycles. The second-order valence-electron chi connectivity index (χ2n) is 3.64. The van der Waals surface area contributed by atoms with E-state index in [1.165, 1.54) is 10.5 Å². The van der Waals surface area contributed by atoms with E-state index >= 15 is 0 Å². The monoisotopic (exact) mass is 371 g/mol. The van der Waals surface area contributed by atoms with Crippen molar-refractivity contribution in [3.63, 3.8) is 0 Å². The Kier molecular flexibility index (Phi) is 4.54. The second kappa shape index (κ2) is 5.94. The van der Waals surface area contributed by atoms with E-state index in [9.17, 15) is 0 Å². The summed E-state index contributed by atoms with van der Waals surface area (Å²) < 4.78 is 2.14. The summed E-state index contributed by atoms with van der Waals surface area (Å²) in [5, 5.41) is 0. The van der Waals surface area contributed by atoms with Crippen LogP contribution in [0.4, 0.5) is 5.69 Å². The molecule has 88 valence electrons. The molecule has 0 aromatic heterocycles. The van der Waals surface area contributed by atoms with E-state index in [1.54, 1.807) is 11.8 Å². The summed E-state index contributed by atoms with van der Waals surface area (Å²) in [6.45, 7) is 0. The van der Waals surface area contributed by atoms with Gasteiger partial charge >= 0.3 is 0 Å². The van der Waals surface area contributed by atoms with Crippen molar-refractivity contribution in [2.24, 2.45) is 0 Å². The van der Waals surface area contributed by atoms with Crippen LogP contribution in [-0.4, -0.2) is 0 Å². The van der Waals surface area contributed by atoms with Crippen LogP contribution < -0.4 is 5.73 Å². The largest absolute Gasteiger partial charge is 0.399 e. The zero-order valence-electron chi connectivity index (χ0n) is 8.99. The summed E-state index contributed by atoms with van der Waals surface area (Å²) in [7, 11) is 0. The Morgan fingerprint density at radius 1 is 0.941 bits per heavy atom. The number of halogens is 2. The highest BCUT2D eigenvalue weighted by atomic mass is 79.9. The van der Waals surface area contributed by atoms with Gasteiger partial charge in [-0.2, -0.15) is 0 Å². The normalized spacial score (nSPS) is 10.5. The minimum atomic E-state index is 0.797. The fourth-order valence-electron chi connectivity index (χ4n) is 1.46. The molecule has 17 heavy (non-hydrogen) atoms. The fourth-order valence-corrected chi connectivity index (χ4v) is 3.11. The van der Waals surface area contributed by atoms with Gasteiger partial charge in [0.05, 0.1) is 0 Å². The van der Waals surface area contributed by atoms with E-state index in [0.717, 1.165) is 20.4 Å². The highest BCUT2D eigenvalue weighted by Gasteiger charge is 1.99. The molecule has 0 amide bonds. The molecule has 0 aliphatic carbocycles. The van der Waals surface area contributed by atoms with Crippen molar-refractivity contribution in [3.8, 4) is 0 Å². The van der Waals surface area contributed by atoms with Gasteiger partial charge in [0, 0.05) is 25.3 Å². The van der Waals surface area contributed by atoms with Gasteiger partial charge in [-0.15, -0.1) is 11.8 Å². The lowest BCUT2D eigenvalue weighted by molar-refractivity contribution is 1.37. The maximum atomic E-state index is 5.80. The summed E-state index contributed by atoms with van der Waals surface area (Å²) >= 11 is 8.68. The molecular weight excluding hydrogens is 362 g/mol. The molecule has 0 aliphatic rings. The zero-order valence-corrected chi connectivity index (χ0v) is 13.0. The van der Waals surface area contributed by atoms with Crippen LogP contribution in [0.5, 0.6) is 0 Å². The number of hydrogen-bond acceptors (Lipinski definition) is 2. The standard InChI is InChI=1S/C13H11Br2NS/c14-10-1-3-13(4-2-10)17-8-9-5-11(15)7-12(16)6-9/h1-7H,8,16H2. The Balaban J connectivity index is 2.04. The van der Waals surface area contributed by atoms with Gasteiger partial charge in [0.2, 0.25) is 0 Å². The van der Waals surface area contributed by atoms with Crippen LogP contribution in [0.25, 0.3) is 0 Å². The highest BCUT2D eigenvalue weighted by molar-refractivity contribution is 9.10. The molecule has 0 heterocycles. The quantitative estimate of drug-likeness (QED) is 0.600. The predicted molar refractivity (Wildman–Crippen MR) is 82.3 cm³/mol. The van der Waals surface area contributed by atoms with Gasteiger partial charge in [0.1, 0.15) is 0 Å². The Labute approximate surface area is 122 Å². The lowest BCUT2D eigenvalue weighted by Gasteiger charge is -2.04. The molecular formula is C13H11Br2NS. The molecule has 0 saturated heterocycles. The first-order chi connectivity index (χ1) is 8.13. The van der Waals surface area contributed by atoms with Crippen molar-refractivity contribution < 1.29 is 0 Å². The molecule has 2 rings (SSSR count). The number of hydrogen-bond donors (Lipinski definition) is 1. The van der Waals surface area contributed by atoms with E-state index in [1.807, 2.05) is 12.1 Å². The summed E-state index contributed by atoms with van der Waals surface area (Å²) in [4.78, 5) is 1.26. The van der Waals surface area contributed by atoms with Crippen LogP contribution in [0.15, 0.2) is 56.3 Å². The summed E-state index contributed by atoms with van der Waals surface area (Å²) in [6.07, 6.45) is 0. The molecule has 0 fully saturated rings. The van der Waals surface area contributed by atoms with Crippen molar-refractivity contribution in [1.29, 1.82) is 0 Å². The third kappa shape index (κ3) is 4.05. The lowest BCUT2D eigenvalue weighted by Crippen LogP contribution is -1.88. The first-order valence-corrected chi connectivity index (χ1v) is 7.64. The maximum absolute atomic E-state index is 5.80. The molecule has 0 atom stereocenters. The Bertz CT molecular complexity index is 491. The minimum Gasteiger partial charge on any atom is -0.399 e. The average Bonchev–Trinajstić information content (AvgIpc) is 2.27. The van der Waals surface area contributed by atoms with Crippen LogP contribution >= 0.6 is 43.6 Å². The number of anilines is 1. The molecule has 0 bridgehead atoms. The SMILES string of the molecule is Nc1cc(Br)cc(CSc2ccc(Br)cc2)c1. The van der Waals surface area contributed by atoms with Gasteiger partial charge < -0.3 is 5.73 Å². The Morgan fingerprint density at radius 3 is 2.29 bits per heavy atom. The van der Waals surface area contributed by atoms with Crippen molar-refractivity contribution in [1.82, 2.24) is 0 Å². The first kappa shape index (κ1) is 13.0. The van der Waals surface area contributed by atoms with Crippen LogP contribution in [0.2, 0.25) is 0 Å². The molecule has 2 aromatic rings. The molecule has 0 radical (unpaired) electrons. The number of nitrogens with two attached hydrogens (primary N) is 1. The highest BCUT2D eigenvalue weighted by Crippen LogP contribution is 2.26. The fraction of sp³-hybridized carbons (Fsp3) is 0.0769. The average molecular weight is 373 g/mol. The molecule has 0 saturated carbocycles.